The molecule has 0 aliphatic carbocycles. The van der Waals surface area contributed by atoms with Crippen LogP contribution in [0.25, 0.3) is 0 Å². The van der Waals surface area contributed by atoms with Crippen LogP contribution in [0.5, 0.6) is 0 Å². The first-order valence-corrected chi connectivity index (χ1v) is 3.73. The van der Waals surface area contributed by atoms with E-state index < -0.39 is 11.2 Å². The second-order valence-electron chi connectivity index (χ2n) is 2.35. The molecule has 0 aliphatic rings. The molecule has 0 spiro atoms. The molecule has 1 aromatic heterocycles. The van der Waals surface area contributed by atoms with E-state index in [1.807, 2.05) is 4.98 Å². The Morgan fingerprint density at radius 2 is 2.23 bits per heavy atom. The molecule has 1 heterocycles. The van der Waals surface area contributed by atoms with Gasteiger partial charge in [-0.1, -0.05) is 0 Å². The van der Waals surface area contributed by atoms with Crippen LogP contribution >= 0.6 is 0 Å². The molecule has 1 aromatic rings. The average molecular weight is 183 g/mol. The van der Waals surface area contributed by atoms with Gasteiger partial charge in [-0.2, -0.15) is 0 Å². The van der Waals surface area contributed by atoms with Crippen LogP contribution in [-0.2, 0) is 4.79 Å². The largest absolute Gasteiger partial charge is 0.325 e. The summed E-state index contributed by atoms with van der Waals surface area (Å²) in [6.07, 6.45) is 1.74. The third-order valence-corrected chi connectivity index (χ3v) is 1.58. The lowest BCUT2D eigenvalue weighted by atomic mass is 10.4. The van der Waals surface area contributed by atoms with Crippen molar-refractivity contribution in [1.82, 2.24) is 9.97 Å². The van der Waals surface area contributed by atoms with Crippen LogP contribution in [0.15, 0.2) is 15.8 Å². The third kappa shape index (κ3) is 1.84. The van der Waals surface area contributed by atoms with Crippen LogP contribution in [-0.4, -0.2) is 22.9 Å². The van der Waals surface area contributed by atoms with E-state index in [2.05, 4.69) is 4.98 Å². The van der Waals surface area contributed by atoms with Gasteiger partial charge in [0, 0.05) is 12.7 Å². The number of H-pyrrole nitrogens is 2. The first-order chi connectivity index (χ1) is 6.19. The molecule has 0 saturated carbocycles. The Hall–Kier alpha value is -1.85. The van der Waals surface area contributed by atoms with Crippen molar-refractivity contribution in [3.63, 3.8) is 0 Å². The predicted octanol–water partition coefficient (Wildman–Crippen LogP) is -0.954. The van der Waals surface area contributed by atoms with E-state index in [4.69, 9.17) is 0 Å². The normalized spacial score (nSPS) is 9.62. The maximum atomic E-state index is 11.1. The molecular formula is C7H9N3O3. The fourth-order valence-electron chi connectivity index (χ4n) is 0.918. The van der Waals surface area contributed by atoms with Gasteiger partial charge < -0.3 is 9.88 Å². The van der Waals surface area contributed by atoms with Crippen LogP contribution in [0.3, 0.4) is 0 Å². The maximum absolute atomic E-state index is 11.1. The van der Waals surface area contributed by atoms with Crippen molar-refractivity contribution in [3.8, 4) is 0 Å². The second kappa shape index (κ2) is 3.70. The third-order valence-electron chi connectivity index (χ3n) is 1.58. The number of nitrogens with zero attached hydrogens (tertiary/aromatic N) is 1. The van der Waals surface area contributed by atoms with Crippen LogP contribution in [0.4, 0.5) is 5.69 Å². The number of anilines is 1. The summed E-state index contributed by atoms with van der Waals surface area (Å²) >= 11 is 0. The minimum Gasteiger partial charge on any atom is -0.312 e. The fraction of sp³-hybridized carbons (Fsp3) is 0.286. The summed E-state index contributed by atoms with van der Waals surface area (Å²) in [6.45, 7) is 2.09. The lowest BCUT2D eigenvalue weighted by Crippen LogP contribution is -2.31. The Bertz CT molecular complexity index is 406. The molecule has 0 unspecified atom stereocenters. The summed E-state index contributed by atoms with van der Waals surface area (Å²) in [6, 6.07) is 0. The SMILES string of the molecule is CCN(C=O)c1c[nH]c(=O)[nH]c1=O. The standard InChI is InChI=1S/C7H9N3O3/c1-2-10(4-11)5-3-8-7(13)9-6(5)12/h3-4H,2H2,1H3,(H2,8,9,12,13). The zero-order valence-corrected chi connectivity index (χ0v) is 7.03. The summed E-state index contributed by atoms with van der Waals surface area (Å²) in [4.78, 5) is 37.7. The zero-order chi connectivity index (χ0) is 9.84. The Morgan fingerprint density at radius 1 is 1.54 bits per heavy atom. The minimum atomic E-state index is -0.587. The molecule has 0 saturated heterocycles. The number of aromatic nitrogens is 2. The van der Waals surface area contributed by atoms with Gasteiger partial charge in [-0.25, -0.2) is 4.79 Å². The average Bonchev–Trinajstić information content (AvgIpc) is 2.10. The molecule has 0 radical (unpaired) electrons. The van der Waals surface area contributed by atoms with Crippen molar-refractivity contribution in [2.75, 3.05) is 11.4 Å². The van der Waals surface area contributed by atoms with Gasteiger partial charge in [-0.3, -0.25) is 14.6 Å². The Morgan fingerprint density at radius 3 is 2.69 bits per heavy atom. The quantitative estimate of drug-likeness (QED) is 0.592. The van der Waals surface area contributed by atoms with Crippen LogP contribution in [0, 0.1) is 0 Å². The molecule has 2 N–H and O–H groups in total. The van der Waals surface area contributed by atoms with Gasteiger partial charge in [0.1, 0.15) is 5.69 Å². The number of hydrogen-bond donors (Lipinski definition) is 2. The lowest BCUT2D eigenvalue weighted by molar-refractivity contribution is -0.107. The number of amides is 1. The minimum absolute atomic E-state index is 0.136. The predicted molar refractivity (Wildman–Crippen MR) is 46.8 cm³/mol. The first kappa shape index (κ1) is 9.24. The van der Waals surface area contributed by atoms with E-state index in [0.717, 1.165) is 0 Å². The number of carbonyl (C=O) groups is 1. The second-order valence-corrected chi connectivity index (χ2v) is 2.35. The van der Waals surface area contributed by atoms with E-state index in [1.165, 1.54) is 11.1 Å². The molecule has 1 amide bonds. The van der Waals surface area contributed by atoms with E-state index in [1.54, 1.807) is 6.92 Å². The summed E-state index contributed by atoms with van der Waals surface area (Å²) in [5, 5.41) is 0. The number of hydrogen-bond acceptors (Lipinski definition) is 3. The molecule has 6 heteroatoms. The highest BCUT2D eigenvalue weighted by Crippen LogP contribution is 1.99. The summed E-state index contributed by atoms with van der Waals surface area (Å²) < 4.78 is 0. The van der Waals surface area contributed by atoms with Gasteiger partial charge in [-0.15, -0.1) is 0 Å². The number of rotatable bonds is 3. The Labute approximate surface area is 73.2 Å². The summed E-state index contributed by atoms with van der Waals surface area (Å²) in [5.41, 5.74) is -1.02. The number of nitrogens with one attached hydrogen (secondary N) is 2. The van der Waals surface area contributed by atoms with Crippen molar-refractivity contribution < 1.29 is 4.79 Å². The molecule has 1 rings (SSSR count). The Kier molecular flexibility index (Phi) is 2.63. The lowest BCUT2D eigenvalue weighted by Gasteiger charge is -2.11. The van der Waals surface area contributed by atoms with Crippen molar-refractivity contribution in [2.45, 2.75) is 6.92 Å². The highest BCUT2D eigenvalue weighted by molar-refractivity contribution is 5.73. The van der Waals surface area contributed by atoms with E-state index in [9.17, 15) is 14.4 Å². The molecule has 0 bridgehead atoms. The summed E-state index contributed by atoms with van der Waals surface area (Å²) in [5.74, 6) is 0. The molecule has 0 aliphatic heterocycles. The first-order valence-electron chi connectivity index (χ1n) is 3.73. The van der Waals surface area contributed by atoms with Gasteiger partial charge in [0.2, 0.25) is 6.41 Å². The fourth-order valence-corrected chi connectivity index (χ4v) is 0.918. The highest BCUT2D eigenvalue weighted by Gasteiger charge is 2.06. The molecule has 0 aromatic carbocycles. The highest BCUT2D eigenvalue weighted by atomic mass is 16.2. The monoisotopic (exact) mass is 183 g/mol. The molecule has 13 heavy (non-hydrogen) atoms. The summed E-state index contributed by atoms with van der Waals surface area (Å²) in [7, 11) is 0. The van der Waals surface area contributed by atoms with Gasteiger partial charge >= 0.3 is 5.69 Å². The molecule has 6 nitrogen and oxygen atoms in total. The van der Waals surface area contributed by atoms with Gasteiger partial charge in [-0.05, 0) is 6.92 Å². The van der Waals surface area contributed by atoms with Crippen molar-refractivity contribution in [3.05, 3.63) is 27.0 Å². The number of aromatic amines is 2. The van der Waals surface area contributed by atoms with Gasteiger partial charge in [0.05, 0.1) is 0 Å². The zero-order valence-electron chi connectivity index (χ0n) is 7.03. The molecule has 0 fully saturated rings. The smallest absolute Gasteiger partial charge is 0.312 e. The molecule has 0 atom stereocenters. The van der Waals surface area contributed by atoms with Crippen LogP contribution in [0.1, 0.15) is 6.92 Å². The maximum Gasteiger partial charge on any atom is 0.325 e. The van der Waals surface area contributed by atoms with E-state index in [0.29, 0.717) is 13.0 Å². The van der Waals surface area contributed by atoms with Crippen LogP contribution in [0.2, 0.25) is 0 Å². The van der Waals surface area contributed by atoms with E-state index >= 15 is 0 Å². The van der Waals surface area contributed by atoms with Crippen molar-refractivity contribution >= 4 is 12.1 Å². The molecular weight excluding hydrogens is 174 g/mol. The Balaban J connectivity index is 3.22. The van der Waals surface area contributed by atoms with Crippen LogP contribution < -0.4 is 16.1 Å². The molecule has 70 valence electrons. The van der Waals surface area contributed by atoms with Crippen molar-refractivity contribution in [1.29, 1.82) is 0 Å². The van der Waals surface area contributed by atoms with Gasteiger partial charge in [0.25, 0.3) is 5.56 Å². The van der Waals surface area contributed by atoms with Crippen molar-refractivity contribution in [2.24, 2.45) is 0 Å². The van der Waals surface area contributed by atoms with E-state index in [-0.39, 0.29) is 5.69 Å². The topological polar surface area (TPSA) is 86.0 Å². The number of carbonyl (C=O) groups excluding carboxylic acids is 1. The van der Waals surface area contributed by atoms with Gasteiger partial charge in [0.15, 0.2) is 0 Å².